The summed E-state index contributed by atoms with van der Waals surface area (Å²) >= 11 is 1.57. The molecule has 20 heavy (non-hydrogen) atoms. The van der Waals surface area contributed by atoms with Crippen LogP contribution in [0.15, 0.2) is 23.1 Å². The summed E-state index contributed by atoms with van der Waals surface area (Å²) in [6.45, 7) is 4.28. The van der Waals surface area contributed by atoms with Gasteiger partial charge in [-0.3, -0.25) is 4.79 Å². The van der Waals surface area contributed by atoms with Gasteiger partial charge >= 0.3 is 0 Å². The van der Waals surface area contributed by atoms with Gasteiger partial charge in [-0.05, 0) is 43.4 Å². The smallest absolute Gasteiger partial charge is 0.230 e. The molecule has 0 saturated heterocycles. The van der Waals surface area contributed by atoms with Gasteiger partial charge in [-0.1, -0.05) is 25.8 Å². The van der Waals surface area contributed by atoms with Gasteiger partial charge in [0.05, 0.1) is 5.75 Å². The molecule has 4 heteroatoms. The molecule has 2 unspecified atom stereocenters. The van der Waals surface area contributed by atoms with Gasteiger partial charge < -0.3 is 11.1 Å². The molecule has 110 valence electrons. The third-order valence-electron chi connectivity index (χ3n) is 4.03. The largest absolute Gasteiger partial charge is 0.399 e. The minimum Gasteiger partial charge on any atom is -0.399 e. The molecule has 1 saturated carbocycles. The molecule has 1 aromatic rings. The maximum Gasteiger partial charge on any atom is 0.230 e. The molecule has 0 aliphatic heterocycles. The lowest BCUT2D eigenvalue weighted by molar-refractivity contribution is -0.119. The van der Waals surface area contributed by atoms with Gasteiger partial charge in [0.1, 0.15) is 0 Å². The van der Waals surface area contributed by atoms with E-state index in [0.29, 0.717) is 17.7 Å². The summed E-state index contributed by atoms with van der Waals surface area (Å²) in [5.41, 5.74) is 7.71. The first-order valence-corrected chi connectivity index (χ1v) is 8.33. The van der Waals surface area contributed by atoms with E-state index in [2.05, 4.69) is 12.2 Å². The van der Waals surface area contributed by atoms with Crippen LogP contribution in [0.5, 0.6) is 0 Å². The Morgan fingerprint density at radius 1 is 1.40 bits per heavy atom. The highest BCUT2D eigenvalue weighted by Crippen LogP contribution is 2.26. The Balaban J connectivity index is 1.84. The van der Waals surface area contributed by atoms with Crippen molar-refractivity contribution in [3.05, 3.63) is 23.8 Å². The van der Waals surface area contributed by atoms with Crippen molar-refractivity contribution >= 4 is 23.4 Å². The summed E-state index contributed by atoms with van der Waals surface area (Å²) < 4.78 is 0. The van der Waals surface area contributed by atoms with E-state index in [1.807, 2.05) is 25.1 Å². The van der Waals surface area contributed by atoms with E-state index in [4.69, 9.17) is 5.73 Å². The zero-order valence-electron chi connectivity index (χ0n) is 12.3. The van der Waals surface area contributed by atoms with Gasteiger partial charge in [0, 0.05) is 16.6 Å². The topological polar surface area (TPSA) is 55.1 Å². The van der Waals surface area contributed by atoms with Gasteiger partial charge in [0.2, 0.25) is 5.91 Å². The Kier molecular flexibility index (Phi) is 5.35. The second-order valence-corrected chi connectivity index (χ2v) is 6.77. The molecule has 3 N–H and O–H groups in total. The molecule has 0 bridgehead atoms. The first kappa shape index (κ1) is 15.2. The summed E-state index contributed by atoms with van der Waals surface area (Å²) in [5.74, 6) is 1.20. The van der Waals surface area contributed by atoms with Gasteiger partial charge in [-0.25, -0.2) is 0 Å². The molecule has 0 radical (unpaired) electrons. The lowest BCUT2D eigenvalue weighted by atomic mass is 9.86. The minimum absolute atomic E-state index is 0.135. The maximum absolute atomic E-state index is 12.1. The molecule has 2 atom stereocenters. The van der Waals surface area contributed by atoms with Crippen molar-refractivity contribution in [3.63, 3.8) is 0 Å². The lowest BCUT2D eigenvalue weighted by Crippen LogP contribution is -2.41. The van der Waals surface area contributed by atoms with Crippen molar-refractivity contribution in [2.75, 3.05) is 11.5 Å². The third kappa shape index (κ3) is 4.17. The molecule has 1 aliphatic carbocycles. The fourth-order valence-electron chi connectivity index (χ4n) is 2.69. The van der Waals surface area contributed by atoms with Gasteiger partial charge in [0.15, 0.2) is 0 Å². The average Bonchev–Trinajstić information content (AvgIpc) is 2.42. The molecule has 1 aliphatic rings. The number of nitrogens with one attached hydrogen (secondary N) is 1. The predicted molar refractivity (Wildman–Crippen MR) is 85.9 cm³/mol. The van der Waals surface area contributed by atoms with Crippen molar-refractivity contribution < 1.29 is 4.79 Å². The normalized spacial score (nSPS) is 22.5. The van der Waals surface area contributed by atoms with Crippen molar-refractivity contribution in [3.8, 4) is 0 Å². The zero-order chi connectivity index (χ0) is 14.5. The molecule has 0 spiro atoms. The number of aryl methyl sites for hydroxylation is 1. The van der Waals surface area contributed by atoms with Crippen molar-refractivity contribution in [1.29, 1.82) is 0 Å². The molecular weight excluding hydrogens is 268 g/mol. The fraction of sp³-hybridized carbons (Fsp3) is 0.562. The third-order valence-corrected chi connectivity index (χ3v) is 5.19. The number of anilines is 1. The number of carbonyl (C=O) groups excluding carboxylic acids is 1. The fourth-order valence-corrected chi connectivity index (χ4v) is 3.58. The summed E-state index contributed by atoms with van der Waals surface area (Å²) in [6, 6.07) is 6.19. The number of hydrogen-bond donors (Lipinski definition) is 2. The van der Waals surface area contributed by atoms with E-state index in [1.165, 1.54) is 24.8 Å². The highest BCUT2D eigenvalue weighted by atomic mass is 32.2. The lowest BCUT2D eigenvalue weighted by Gasteiger charge is -2.29. The standard InChI is InChI=1S/C16H24N2OS/c1-11-5-3-4-6-14(11)18-16(19)10-20-15-9-13(17)8-7-12(15)2/h7-9,11,14H,3-6,10,17H2,1-2H3,(H,18,19). The molecule has 1 amide bonds. The first-order chi connectivity index (χ1) is 9.56. The Morgan fingerprint density at radius 3 is 2.90 bits per heavy atom. The molecule has 3 nitrogen and oxygen atoms in total. The van der Waals surface area contributed by atoms with E-state index >= 15 is 0 Å². The molecule has 0 heterocycles. The number of carbonyl (C=O) groups is 1. The van der Waals surface area contributed by atoms with E-state index in [-0.39, 0.29) is 5.91 Å². The Bertz CT molecular complexity index is 476. The summed E-state index contributed by atoms with van der Waals surface area (Å²) in [7, 11) is 0. The van der Waals surface area contributed by atoms with Gasteiger partial charge in [0.25, 0.3) is 0 Å². The monoisotopic (exact) mass is 292 g/mol. The van der Waals surface area contributed by atoms with Crippen LogP contribution in [-0.2, 0) is 4.79 Å². The zero-order valence-corrected chi connectivity index (χ0v) is 13.1. The summed E-state index contributed by atoms with van der Waals surface area (Å²) in [5, 5.41) is 3.18. The quantitative estimate of drug-likeness (QED) is 0.661. The second kappa shape index (κ2) is 7.02. The maximum atomic E-state index is 12.1. The van der Waals surface area contributed by atoms with Crippen LogP contribution >= 0.6 is 11.8 Å². The highest BCUT2D eigenvalue weighted by Gasteiger charge is 2.22. The molecule has 0 aromatic heterocycles. The number of thioether (sulfide) groups is 1. The molecule has 1 aromatic carbocycles. The average molecular weight is 292 g/mol. The van der Waals surface area contributed by atoms with E-state index in [0.717, 1.165) is 17.0 Å². The summed E-state index contributed by atoms with van der Waals surface area (Å²) in [4.78, 5) is 13.2. The second-order valence-electron chi connectivity index (χ2n) is 5.75. The number of benzene rings is 1. The number of amides is 1. The van der Waals surface area contributed by atoms with Crippen LogP contribution in [0.3, 0.4) is 0 Å². The van der Waals surface area contributed by atoms with Crippen LogP contribution in [0.25, 0.3) is 0 Å². The van der Waals surface area contributed by atoms with E-state index < -0.39 is 0 Å². The Hall–Kier alpha value is -1.16. The van der Waals surface area contributed by atoms with Crippen LogP contribution < -0.4 is 11.1 Å². The van der Waals surface area contributed by atoms with Crippen molar-refractivity contribution in [2.45, 2.75) is 50.5 Å². The van der Waals surface area contributed by atoms with Crippen LogP contribution in [0.4, 0.5) is 5.69 Å². The number of nitrogen functional groups attached to an aromatic ring is 1. The highest BCUT2D eigenvalue weighted by molar-refractivity contribution is 8.00. The van der Waals surface area contributed by atoms with Crippen LogP contribution in [0, 0.1) is 12.8 Å². The SMILES string of the molecule is Cc1ccc(N)cc1SCC(=O)NC1CCCCC1C. The minimum atomic E-state index is 0.135. The van der Waals surface area contributed by atoms with Crippen LogP contribution in [0.1, 0.15) is 38.2 Å². The van der Waals surface area contributed by atoms with Crippen molar-refractivity contribution in [1.82, 2.24) is 5.32 Å². The Morgan fingerprint density at radius 2 is 2.15 bits per heavy atom. The molecule has 2 rings (SSSR count). The van der Waals surface area contributed by atoms with Crippen LogP contribution in [0.2, 0.25) is 0 Å². The molecular formula is C16H24N2OS. The van der Waals surface area contributed by atoms with Gasteiger partial charge in [-0.15, -0.1) is 11.8 Å². The Labute approximate surface area is 125 Å². The van der Waals surface area contributed by atoms with Crippen LogP contribution in [-0.4, -0.2) is 17.7 Å². The number of nitrogens with two attached hydrogens (primary N) is 1. The number of rotatable bonds is 4. The first-order valence-electron chi connectivity index (χ1n) is 7.34. The van der Waals surface area contributed by atoms with E-state index in [1.54, 1.807) is 11.8 Å². The number of hydrogen-bond acceptors (Lipinski definition) is 3. The molecule has 1 fully saturated rings. The summed E-state index contributed by atoms with van der Waals surface area (Å²) in [6.07, 6.45) is 4.88. The van der Waals surface area contributed by atoms with Gasteiger partial charge in [-0.2, -0.15) is 0 Å². The predicted octanol–water partition coefficient (Wildman–Crippen LogP) is 3.36. The van der Waals surface area contributed by atoms with E-state index in [9.17, 15) is 4.79 Å². The van der Waals surface area contributed by atoms with Crippen molar-refractivity contribution in [2.24, 2.45) is 5.92 Å².